The Kier molecular flexibility index (Phi) is 4.54. The Labute approximate surface area is 118 Å². The Balaban J connectivity index is 2.07. The summed E-state index contributed by atoms with van der Waals surface area (Å²) in [5.74, 6) is 0.725. The number of aliphatic hydroxyl groups excluding tert-OH is 1. The number of carbonyl (C=O) groups is 1. The van der Waals surface area contributed by atoms with E-state index in [1.165, 1.54) is 11.1 Å². The van der Waals surface area contributed by atoms with E-state index in [0.717, 1.165) is 25.7 Å². The van der Waals surface area contributed by atoms with Crippen LogP contribution in [0.25, 0.3) is 0 Å². The predicted octanol–water partition coefficient (Wildman–Crippen LogP) is 2.15. The van der Waals surface area contributed by atoms with Crippen LogP contribution in [-0.2, 0) is 0 Å². The van der Waals surface area contributed by atoms with Gasteiger partial charge in [0.1, 0.15) is 0 Å². The van der Waals surface area contributed by atoms with Gasteiger partial charge in [-0.2, -0.15) is 5.10 Å². The fourth-order valence-corrected chi connectivity index (χ4v) is 2.78. The quantitative estimate of drug-likeness (QED) is 0.882. The van der Waals surface area contributed by atoms with E-state index in [4.69, 9.17) is 0 Å². The zero-order chi connectivity index (χ0) is 14.6. The molecule has 2 rings (SSSR count). The van der Waals surface area contributed by atoms with Crippen LogP contribution in [0.2, 0.25) is 0 Å². The van der Waals surface area contributed by atoms with E-state index in [-0.39, 0.29) is 12.0 Å². The van der Waals surface area contributed by atoms with Crippen LogP contribution in [-0.4, -0.2) is 39.7 Å². The number of anilines is 1. The third kappa shape index (κ3) is 3.45. The number of rotatable bonds is 4. The number of carboxylic acid groups (broad SMARTS) is 1. The molecule has 110 valence electrons. The molecule has 20 heavy (non-hydrogen) atoms. The van der Waals surface area contributed by atoms with Gasteiger partial charge in [-0.05, 0) is 49.1 Å². The molecule has 0 spiro atoms. The second-order valence-corrected chi connectivity index (χ2v) is 5.89. The summed E-state index contributed by atoms with van der Waals surface area (Å²) in [6.07, 6.45) is 4.25. The van der Waals surface area contributed by atoms with Gasteiger partial charge in [0.2, 0.25) is 0 Å². The minimum Gasteiger partial charge on any atom is -0.465 e. The molecular formula is C14H21N3O3. The van der Waals surface area contributed by atoms with E-state index in [1.54, 1.807) is 12.1 Å². The van der Waals surface area contributed by atoms with E-state index in [0.29, 0.717) is 18.3 Å². The molecule has 1 saturated carbocycles. The molecule has 2 N–H and O–H groups in total. The smallest absolute Gasteiger partial charge is 0.413 e. The first-order valence-electron chi connectivity index (χ1n) is 6.93. The lowest BCUT2D eigenvalue weighted by molar-refractivity contribution is 0.121. The number of aliphatic hydroxyl groups is 1. The molecule has 0 saturated heterocycles. The van der Waals surface area contributed by atoms with Gasteiger partial charge in [0, 0.05) is 19.3 Å². The van der Waals surface area contributed by atoms with Crippen molar-refractivity contribution in [3.8, 4) is 0 Å². The van der Waals surface area contributed by atoms with Crippen LogP contribution in [0, 0.1) is 11.3 Å². The fourth-order valence-electron chi connectivity index (χ4n) is 2.78. The van der Waals surface area contributed by atoms with E-state index in [9.17, 15) is 15.0 Å². The molecule has 1 aliphatic rings. The maximum Gasteiger partial charge on any atom is 0.413 e. The van der Waals surface area contributed by atoms with Crippen molar-refractivity contribution in [2.24, 2.45) is 11.3 Å². The first kappa shape index (κ1) is 14.7. The van der Waals surface area contributed by atoms with Crippen molar-refractivity contribution in [2.45, 2.75) is 32.6 Å². The molecule has 0 radical (unpaired) electrons. The first-order valence-corrected chi connectivity index (χ1v) is 6.93. The Morgan fingerprint density at radius 3 is 2.70 bits per heavy atom. The summed E-state index contributed by atoms with van der Waals surface area (Å²) in [6, 6.07) is 3.34. The van der Waals surface area contributed by atoms with Gasteiger partial charge in [-0.15, -0.1) is 5.10 Å². The Morgan fingerprint density at radius 2 is 2.20 bits per heavy atom. The average Bonchev–Trinajstić information content (AvgIpc) is 2.46. The topological polar surface area (TPSA) is 86.6 Å². The Bertz CT molecular complexity index is 444. The number of hydrogen-bond acceptors (Lipinski definition) is 4. The molecule has 0 aromatic carbocycles. The Hall–Kier alpha value is -1.69. The summed E-state index contributed by atoms with van der Waals surface area (Å²) in [5.41, 5.74) is -0.0679. The van der Waals surface area contributed by atoms with E-state index < -0.39 is 6.09 Å². The zero-order valence-corrected chi connectivity index (χ0v) is 11.7. The zero-order valence-electron chi connectivity index (χ0n) is 11.7. The van der Waals surface area contributed by atoms with Gasteiger partial charge in [0.25, 0.3) is 0 Å². The largest absolute Gasteiger partial charge is 0.465 e. The number of nitrogens with zero attached hydrogens (tertiary/aromatic N) is 3. The highest BCUT2D eigenvalue weighted by atomic mass is 16.4. The molecule has 1 fully saturated rings. The van der Waals surface area contributed by atoms with Crippen LogP contribution in [0.5, 0.6) is 0 Å². The summed E-state index contributed by atoms with van der Waals surface area (Å²) >= 11 is 0. The summed E-state index contributed by atoms with van der Waals surface area (Å²) < 4.78 is 0. The van der Waals surface area contributed by atoms with Crippen molar-refractivity contribution >= 4 is 11.9 Å². The van der Waals surface area contributed by atoms with Gasteiger partial charge < -0.3 is 10.2 Å². The number of aromatic nitrogens is 2. The molecule has 1 aromatic heterocycles. The molecule has 0 atom stereocenters. The van der Waals surface area contributed by atoms with Crippen LogP contribution >= 0.6 is 0 Å². The van der Waals surface area contributed by atoms with E-state index in [2.05, 4.69) is 17.1 Å². The van der Waals surface area contributed by atoms with Crippen molar-refractivity contribution in [2.75, 3.05) is 18.1 Å². The summed E-state index contributed by atoms with van der Waals surface area (Å²) in [4.78, 5) is 12.7. The van der Waals surface area contributed by atoms with Crippen molar-refractivity contribution in [3.05, 3.63) is 18.3 Å². The second kappa shape index (κ2) is 6.17. The van der Waals surface area contributed by atoms with Gasteiger partial charge in [0.05, 0.1) is 0 Å². The third-order valence-electron chi connectivity index (χ3n) is 4.18. The van der Waals surface area contributed by atoms with Gasteiger partial charge in [-0.25, -0.2) is 4.79 Å². The molecule has 1 aromatic rings. The van der Waals surface area contributed by atoms with Gasteiger partial charge in [-0.1, -0.05) is 6.92 Å². The van der Waals surface area contributed by atoms with Crippen LogP contribution in [0.1, 0.15) is 32.6 Å². The number of amides is 1. The lowest BCUT2D eigenvalue weighted by Crippen LogP contribution is -2.42. The minimum atomic E-state index is -1.00. The molecule has 0 unspecified atom stereocenters. The lowest BCUT2D eigenvalue weighted by Gasteiger charge is -2.39. The van der Waals surface area contributed by atoms with Crippen molar-refractivity contribution < 1.29 is 15.0 Å². The van der Waals surface area contributed by atoms with Crippen molar-refractivity contribution in [1.29, 1.82) is 0 Å². The number of hydrogen-bond donors (Lipinski definition) is 2. The normalized spacial score (nSPS) is 26.2. The van der Waals surface area contributed by atoms with Crippen LogP contribution < -0.4 is 4.90 Å². The standard InChI is InChI=1S/C14H21N3O3/c1-14(6-4-11(9-18)5-7-14)10-17(13(19)20)12-3-2-8-15-16-12/h2-3,8,11,18H,4-7,9-10H2,1H3,(H,19,20)/t11-,14+. The third-order valence-corrected chi connectivity index (χ3v) is 4.18. The summed E-state index contributed by atoms with van der Waals surface area (Å²) in [5, 5.41) is 26.2. The lowest BCUT2D eigenvalue weighted by atomic mass is 9.71. The van der Waals surface area contributed by atoms with Gasteiger partial charge in [0.15, 0.2) is 5.82 Å². The van der Waals surface area contributed by atoms with Gasteiger partial charge >= 0.3 is 6.09 Å². The van der Waals surface area contributed by atoms with Gasteiger partial charge in [-0.3, -0.25) is 4.90 Å². The second-order valence-electron chi connectivity index (χ2n) is 5.89. The molecular weight excluding hydrogens is 258 g/mol. The summed E-state index contributed by atoms with van der Waals surface area (Å²) in [7, 11) is 0. The first-order chi connectivity index (χ1) is 9.54. The minimum absolute atomic E-state index is 0.0679. The molecule has 6 heteroatoms. The van der Waals surface area contributed by atoms with Crippen molar-refractivity contribution in [1.82, 2.24) is 10.2 Å². The maximum absolute atomic E-state index is 11.5. The highest BCUT2D eigenvalue weighted by Crippen LogP contribution is 2.39. The monoisotopic (exact) mass is 279 g/mol. The van der Waals surface area contributed by atoms with E-state index >= 15 is 0 Å². The maximum atomic E-state index is 11.5. The van der Waals surface area contributed by atoms with Crippen LogP contribution in [0.4, 0.5) is 10.6 Å². The van der Waals surface area contributed by atoms with Crippen molar-refractivity contribution in [3.63, 3.8) is 0 Å². The molecule has 0 aliphatic heterocycles. The molecule has 1 aliphatic carbocycles. The van der Waals surface area contributed by atoms with Crippen LogP contribution in [0.3, 0.4) is 0 Å². The molecule has 0 bridgehead atoms. The predicted molar refractivity (Wildman–Crippen MR) is 74.6 cm³/mol. The molecule has 1 amide bonds. The highest BCUT2D eigenvalue weighted by Gasteiger charge is 2.34. The van der Waals surface area contributed by atoms with E-state index in [1.807, 2.05) is 0 Å². The Morgan fingerprint density at radius 1 is 1.50 bits per heavy atom. The molecule has 1 heterocycles. The molecule has 6 nitrogen and oxygen atoms in total. The average molecular weight is 279 g/mol. The highest BCUT2D eigenvalue weighted by molar-refractivity contribution is 5.84. The SMILES string of the molecule is C[C@]1(CN(C(=O)O)c2cccnn2)CC[C@@H](CO)CC1. The fraction of sp³-hybridized carbons (Fsp3) is 0.643. The summed E-state index contributed by atoms with van der Waals surface area (Å²) in [6.45, 7) is 2.75. The van der Waals surface area contributed by atoms with Crippen LogP contribution in [0.15, 0.2) is 18.3 Å².